The summed E-state index contributed by atoms with van der Waals surface area (Å²) in [6, 6.07) is 9.84. The van der Waals surface area contributed by atoms with Gasteiger partial charge in [0.2, 0.25) is 0 Å². The minimum absolute atomic E-state index is 0.00460. The molecular weight excluding hydrogens is 454 g/mol. The number of piperidine rings is 1. The molecule has 36 heavy (non-hydrogen) atoms. The molecule has 192 valence electrons. The first-order valence-electron chi connectivity index (χ1n) is 13.4. The van der Waals surface area contributed by atoms with Crippen molar-refractivity contribution < 1.29 is 19.0 Å². The van der Waals surface area contributed by atoms with Gasteiger partial charge in [0, 0.05) is 49.4 Å². The fourth-order valence-corrected chi connectivity index (χ4v) is 6.65. The highest BCUT2D eigenvalue weighted by atomic mass is 16.5. The first-order chi connectivity index (χ1) is 17.4. The van der Waals surface area contributed by atoms with E-state index in [0.717, 1.165) is 80.5 Å². The van der Waals surface area contributed by atoms with Gasteiger partial charge in [0.15, 0.2) is 0 Å². The van der Waals surface area contributed by atoms with Crippen molar-refractivity contribution in [3.05, 3.63) is 47.7 Å². The Labute approximate surface area is 213 Å². The Bertz CT molecular complexity index is 1140. The molecule has 2 atom stereocenters. The number of hydrogen-bond acceptors (Lipinski definition) is 6. The predicted molar refractivity (Wildman–Crippen MR) is 138 cm³/mol. The van der Waals surface area contributed by atoms with E-state index in [0.29, 0.717) is 0 Å². The van der Waals surface area contributed by atoms with Crippen LogP contribution in [-0.4, -0.2) is 61.3 Å². The van der Waals surface area contributed by atoms with Crippen molar-refractivity contribution in [3.63, 3.8) is 0 Å². The average Bonchev–Trinajstić information content (AvgIpc) is 3.44. The number of pyridine rings is 1. The number of hydrogen-bond donors (Lipinski definition) is 0. The standard InChI is InChI=1S/C29H37N3O4/c1-28(2)23-18-29(19-35-26(23)22-17-21(34-3)6-7-24(22)36-28)9-14-32(15-10-29)27(33)20-8-11-30-25(16-20)31-12-4-5-13-31/h6-8,11,16-17,23,26H,4-5,9-10,12-15,18-19H2,1-3H3/t23-,26+/m0/s1. The zero-order valence-electron chi connectivity index (χ0n) is 21.7. The highest BCUT2D eigenvalue weighted by Gasteiger charge is 2.53. The maximum Gasteiger partial charge on any atom is 0.254 e. The van der Waals surface area contributed by atoms with Gasteiger partial charge in [-0.3, -0.25) is 4.79 Å². The smallest absolute Gasteiger partial charge is 0.254 e. The summed E-state index contributed by atoms with van der Waals surface area (Å²) in [5.74, 6) is 3.01. The number of likely N-dealkylation sites (tertiary alicyclic amines) is 1. The number of carbonyl (C=O) groups is 1. The first-order valence-corrected chi connectivity index (χ1v) is 13.4. The van der Waals surface area contributed by atoms with Crippen LogP contribution >= 0.6 is 0 Å². The largest absolute Gasteiger partial charge is 0.497 e. The van der Waals surface area contributed by atoms with E-state index in [4.69, 9.17) is 14.2 Å². The summed E-state index contributed by atoms with van der Waals surface area (Å²) < 4.78 is 18.6. The number of aromatic nitrogens is 1. The molecule has 2 aromatic rings. The zero-order valence-corrected chi connectivity index (χ0v) is 21.7. The molecule has 5 heterocycles. The van der Waals surface area contributed by atoms with Gasteiger partial charge in [0.05, 0.1) is 19.8 Å². The molecule has 4 aliphatic rings. The average molecular weight is 492 g/mol. The van der Waals surface area contributed by atoms with Crippen LogP contribution in [0, 0.1) is 11.3 Å². The van der Waals surface area contributed by atoms with Crippen LogP contribution in [0.25, 0.3) is 0 Å². The van der Waals surface area contributed by atoms with Crippen LogP contribution in [-0.2, 0) is 4.74 Å². The Morgan fingerprint density at radius 2 is 1.86 bits per heavy atom. The summed E-state index contributed by atoms with van der Waals surface area (Å²) in [5, 5.41) is 0. The molecule has 1 aromatic carbocycles. The zero-order chi connectivity index (χ0) is 24.9. The highest BCUT2D eigenvalue weighted by Crippen LogP contribution is 2.56. The quantitative estimate of drug-likeness (QED) is 0.611. The van der Waals surface area contributed by atoms with Gasteiger partial charge in [-0.25, -0.2) is 4.98 Å². The van der Waals surface area contributed by atoms with Crippen molar-refractivity contribution in [2.45, 2.75) is 57.7 Å². The van der Waals surface area contributed by atoms with Gasteiger partial charge in [-0.2, -0.15) is 0 Å². The van der Waals surface area contributed by atoms with Crippen molar-refractivity contribution in [3.8, 4) is 11.5 Å². The molecule has 0 aliphatic carbocycles. The number of ether oxygens (including phenoxy) is 3. The molecule has 3 saturated heterocycles. The van der Waals surface area contributed by atoms with E-state index < -0.39 is 0 Å². The van der Waals surface area contributed by atoms with Gasteiger partial charge in [0.25, 0.3) is 5.91 Å². The van der Waals surface area contributed by atoms with Crippen LogP contribution < -0.4 is 14.4 Å². The number of amides is 1. The van der Waals surface area contributed by atoms with E-state index in [1.165, 1.54) is 12.8 Å². The highest BCUT2D eigenvalue weighted by molar-refractivity contribution is 5.95. The lowest BCUT2D eigenvalue weighted by molar-refractivity contribution is -0.173. The number of methoxy groups -OCH3 is 1. The fraction of sp³-hybridized carbons (Fsp3) is 0.586. The Morgan fingerprint density at radius 1 is 1.08 bits per heavy atom. The summed E-state index contributed by atoms with van der Waals surface area (Å²) in [4.78, 5) is 22.2. The Kier molecular flexibility index (Phi) is 5.86. The van der Waals surface area contributed by atoms with Gasteiger partial charge < -0.3 is 24.0 Å². The monoisotopic (exact) mass is 491 g/mol. The summed E-state index contributed by atoms with van der Waals surface area (Å²) in [5.41, 5.74) is 1.59. The third-order valence-corrected chi connectivity index (χ3v) is 8.91. The molecule has 0 unspecified atom stereocenters. The molecule has 7 nitrogen and oxygen atoms in total. The van der Waals surface area contributed by atoms with E-state index >= 15 is 0 Å². The first kappa shape index (κ1) is 23.6. The Balaban J connectivity index is 1.15. The second kappa shape index (κ2) is 8.94. The second-order valence-electron chi connectivity index (χ2n) is 11.5. The second-order valence-corrected chi connectivity index (χ2v) is 11.5. The number of fused-ring (bicyclic) bond motifs is 3. The molecule has 1 spiro atoms. The number of benzene rings is 1. The molecule has 1 aromatic heterocycles. The minimum Gasteiger partial charge on any atom is -0.497 e. The Morgan fingerprint density at radius 3 is 2.61 bits per heavy atom. The number of rotatable bonds is 3. The van der Waals surface area contributed by atoms with Crippen LogP contribution in [0.4, 0.5) is 5.82 Å². The van der Waals surface area contributed by atoms with Gasteiger partial charge >= 0.3 is 0 Å². The lowest BCUT2D eigenvalue weighted by atomic mass is 9.64. The summed E-state index contributed by atoms with van der Waals surface area (Å²) in [6.45, 7) is 8.64. The summed E-state index contributed by atoms with van der Waals surface area (Å²) in [7, 11) is 1.69. The van der Waals surface area contributed by atoms with Crippen molar-refractivity contribution >= 4 is 11.7 Å². The maximum atomic E-state index is 13.4. The van der Waals surface area contributed by atoms with Crippen LogP contribution in [0.3, 0.4) is 0 Å². The Hall–Kier alpha value is -2.80. The molecule has 1 amide bonds. The number of anilines is 1. The molecule has 0 saturated carbocycles. The fourth-order valence-electron chi connectivity index (χ4n) is 6.65. The third-order valence-electron chi connectivity index (χ3n) is 8.91. The van der Waals surface area contributed by atoms with E-state index in [1.54, 1.807) is 13.3 Å². The number of nitrogens with zero attached hydrogens (tertiary/aromatic N) is 3. The van der Waals surface area contributed by atoms with Gasteiger partial charge in [-0.05, 0) is 81.7 Å². The molecule has 0 radical (unpaired) electrons. The van der Waals surface area contributed by atoms with Gasteiger partial charge in [-0.15, -0.1) is 0 Å². The molecule has 3 fully saturated rings. The molecule has 0 bridgehead atoms. The van der Waals surface area contributed by atoms with E-state index in [-0.39, 0.29) is 28.9 Å². The topological polar surface area (TPSA) is 64.1 Å². The van der Waals surface area contributed by atoms with Crippen LogP contribution in [0.15, 0.2) is 36.5 Å². The third kappa shape index (κ3) is 4.11. The van der Waals surface area contributed by atoms with Crippen molar-refractivity contribution in [1.29, 1.82) is 0 Å². The summed E-state index contributed by atoms with van der Waals surface area (Å²) in [6.07, 6.45) is 7.11. The van der Waals surface area contributed by atoms with Crippen molar-refractivity contribution in [2.75, 3.05) is 44.8 Å². The van der Waals surface area contributed by atoms with Crippen LogP contribution in [0.1, 0.15) is 68.0 Å². The molecular formula is C29H37N3O4. The van der Waals surface area contributed by atoms with Crippen molar-refractivity contribution in [1.82, 2.24) is 9.88 Å². The van der Waals surface area contributed by atoms with E-state index in [9.17, 15) is 4.79 Å². The maximum absolute atomic E-state index is 13.4. The van der Waals surface area contributed by atoms with Crippen LogP contribution in [0.5, 0.6) is 11.5 Å². The molecule has 4 aliphatic heterocycles. The normalized spacial score (nSPS) is 26.2. The molecule has 0 N–H and O–H groups in total. The van der Waals surface area contributed by atoms with E-state index in [1.807, 2.05) is 29.2 Å². The number of carbonyl (C=O) groups excluding carboxylic acids is 1. The van der Waals surface area contributed by atoms with Crippen molar-refractivity contribution in [2.24, 2.45) is 11.3 Å². The molecule has 7 heteroatoms. The summed E-state index contributed by atoms with van der Waals surface area (Å²) >= 11 is 0. The minimum atomic E-state index is -0.324. The van der Waals surface area contributed by atoms with E-state index in [2.05, 4.69) is 29.8 Å². The van der Waals surface area contributed by atoms with Crippen LogP contribution in [0.2, 0.25) is 0 Å². The molecule has 6 rings (SSSR count). The lowest BCUT2D eigenvalue weighted by Crippen LogP contribution is -2.54. The van der Waals surface area contributed by atoms with Gasteiger partial charge in [-0.1, -0.05) is 0 Å². The predicted octanol–water partition coefficient (Wildman–Crippen LogP) is 4.86. The van der Waals surface area contributed by atoms with Gasteiger partial charge in [0.1, 0.15) is 22.9 Å². The SMILES string of the molecule is COc1ccc2c(c1)[C@H]1OCC3(CCN(C(=O)c4ccnc(N5CCCC5)c4)CC3)C[C@@H]1C(C)(C)O2. The lowest BCUT2D eigenvalue weighted by Gasteiger charge is -2.54.